The van der Waals surface area contributed by atoms with Crippen LogP contribution in [-0.2, 0) is 33.3 Å². The van der Waals surface area contributed by atoms with Crippen LogP contribution in [0.3, 0.4) is 0 Å². The predicted octanol–water partition coefficient (Wildman–Crippen LogP) is 0.879. The van der Waals surface area contributed by atoms with Crippen molar-refractivity contribution in [1.29, 1.82) is 0 Å². The molecule has 3 aromatic carbocycles. The molecule has 1 aliphatic heterocycles. The van der Waals surface area contributed by atoms with Crippen molar-refractivity contribution in [2.45, 2.75) is 50.6 Å². The van der Waals surface area contributed by atoms with Crippen LogP contribution in [0, 0.1) is 0 Å². The number of rotatable bonds is 14. The first-order chi connectivity index (χ1) is 24.4. The molecule has 0 aliphatic carbocycles. The Hall–Kier alpha value is -2.99. The van der Waals surface area contributed by atoms with Gasteiger partial charge in [-0.15, -0.1) is 0 Å². The third-order valence-corrected chi connectivity index (χ3v) is 12.3. The van der Waals surface area contributed by atoms with E-state index >= 15 is 0 Å². The molecule has 0 radical (unpaired) electrons. The number of unbranched alkanes of at least 4 members (excludes halogenated alkanes) is 2. The summed E-state index contributed by atoms with van der Waals surface area (Å²) in [4.78, 5) is 17.4. The van der Waals surface area contributed by atoms with Crippen molar-refractivity contribution in [3.63, 3.8) is 0 Å². The molecule has 52 heavy (non-hydrogen) atoms. The molecule has 2 aromatic heterocycles. The van der Waals surface area contributed by atoms with Crippen molar-refractivity contribution in [2.75, 3.05) is 23.0 Å². The molecule has 0 amide bonds. The fourth-order valence-electron chi connectivity index (χ4n) is 6.18. The number of anilines is 1. The average molecular weight is 789 g/mol. The predicted molar refractivity (Wildman–Crippen MR) is 200 cm³/mol. The second-order valence-corrected chi connectivity index (χ2v) is 17.2. The molecule has 1 aliphatic rings. The minimum Gasteiger partial charge on any atom is -0.748 e. The van der Waals surface area contributed by atoms with Gasteiger partial charge in [-0.1, -0.05) is 65.6 Å². The number of benzene rings is 3. The zero-order valence-electron chi connectivity index (χ0n) is 28.9. The largest absolute Gasteiger partial charge is 1.00 e. The molecular formula is C36H37N4NaO7S4. The van der Waals surface area contributed by atoms with Crippen molar-refractivity contribution < 1.29 is 60.1 Å². The molecule has 0 saturated carbocycles. The second kappa shape index (κ2) is 17.4. The monoisotopic (exact) mass is 788 g/mol. The summed E-state index contributed by atoms with van der Waals surface area (Å²) < 4.78 is 74.2. The molecule has 0 unspecified atom stereocenters. The maximum absolute atomic E-state index is 14.2. The van der Waals surface area contributed by atoms with Gasteiger partial charge in [0.05, 0.1) is 37.0 Å². The molecule has 6 rings (SSSR count). The van der Waals surface area contributed by atoms with Crippen LogP contribution in [0.1, 0.15) is 37.6 Å². The molecular weight excluding hydrogens is 752 g/mol. The van der Waals surface area contributed by atoms with Crippen LogP contribution in [-0.4, -0.2) is 53.1 Å². The molecule has 11 nitrogen and oxygen atoms in total. The Kier molecular flexibility index (Phi) is 13.5. The number of thiazole rings is 1. The number of hydrogen-bond acceptors (Lipinski definition) is 10. The fraction of sp³-hybridized carbons (Fsp3) is 0.278. The summed E-state index contributed by atoms with van der Waals surface area (Å²) in [5.74, 6) is -0.832. The van der Waals surface area contributed by atoms with Gasteiger partial charge < -0.3 is 14.0 Å². The van der Waals surface area contributed by atoms with E-state index in [4.69, 9.17) is 0 Å². The molecule has 0 saturated heterocycles. The maximum atomic E-state index is 14.2. The molecule has 0 N–H and O–H groups in total. The maximum Gasteiger partial charge on any atom is 1.00 e. The Morgan fingerprint density at radius 1 is 0.808 bits per heavy atom. The molecule has 5 aromatic rings. The second-order valence-electron chi connectivity index (χ2n) is 12.0. The SMILES string of the molecule is CCn1c(=O)c(=CC=C2Sc3ccccc3N2CCCCS(=O)(=O)[O-])n(-c2ccccc2)c1=Cc1sc2ccccc2[n+]1CCCCS(=O)(=O)[O-].[Na+]. The average Bonchev–Trinajstić information content (AvgIpc) is 3.71. The van der Waals surface area contributed by atoms with Gasteiger partial charge in [0, 0.05) is 47.7 Å². The van der Waals surface area contributed by atoms with E-state index in [0.29, 0.717) is 43.3 Å². The topological polar surface area (TPSA) is 148 Å². The Balaban J connectivity index is 0.00000523. The number of nitrogens with zero attached hydrogens (tertiary/aromatic N) is 4. The summed E-state index contributed by atoms with van der Waals surface area (Å²) >= 11 is 3.13. The summed E-state index contributed by atoms with van der Waals surface area (Å²) in [6, 6.07) is 25.5. The molecule has 0 bridgehead atoms. The van der Waals surface area contributed by atoms with Gasteiger partial charge in [0.1, 0.15) is 15.5 Å². The molecule has 3 heterocycles. The minimum absolute atomic E-state index is 0. The number of hydrogen-bond donors (Lipinski definition) is 0. The minimum atomic E-state index is -4.31. The molecule has 0 spiro atoms. The van der Waals surface area contributed by atoms with Gasteiger partial charge in [0.15, 0.2) is 6.54 Å². The van der Waals surface area contributed by atoms with Crippen LogP contribution < -0.4 is 55.4 Å². The number of aromatic nitrogens is 3. The zero-order valence-corrected chi connectivity index (χ0v) is 34.1. The number of imidazole rings is 1. The summed E-state index contributed by atoms with van der Waals surface area (Å²) in [5.41, 5.74) is 3.24. The van der Waals surface area contributed by atoms with E-state index in [1.54, 1.807) is 27.7 Å². The van der Waals surface area contributed by atoms with E-state index in [1.807, 2.05) is 109 Å². The van der Waals surface area contributed by atoms with Crippen LogP contribution in [0.2, 0.25) is 0 Å². The van der Waals surface area contributed by atoms with Crippen molar-refractivity contribution in [3.05, 3.63) is 116 Å². The van der Waals surface area contributed by atoms with E-state index in [2.05, 4.69) is 9.47 Å². The van der Waals surface area contributed by atoms with Crippen LogP contribution in [0.4, 0.5) is 5.69 Å². The van der Waals surface area contributed by atoms with Crippen LogP contribution in [0.5, 0.6) is 0 Å². The van der Waals surface area contributed by atoms with Gasteiger partial charge in [-0.3, -0.25) is 13.9 Å². The standard InChI is InChI=1S/C36H38N4O7S4.Na/c1-2-37-33(26-35-39(23-11-13-25-51(45,46)47)29-17-7-9-19-32(29)49-35)40(27-14-4-3-5-15-27)30(36(37)41)20-21-34-38(22-10-12-24-50(42,43)44)28-16-6-8-18-31(28)48-34;/h3-9,14-21,26H,2,10-13,22-25H2,1H3,(H-,42,43,44,45,46,47);/q;+1/p-1. The number of aryl methyl sites for hydroxylation is 1. The third-order valence-electron chi connectivity index (χ3n) is 8.50. The van der Waals surface area contributed by atoms with Gasteiger partial charge in [0.2, 0.25) is 5.52 Å². The molecule has 268 valence electrons. The van der Waals surface area contributed by atoms with Crippen LogP contribution >= 0.6 is 23.1 Å². The summed E-state index contributed by atoms with van der Waals surface area (Å²) in [5, 5.41) is 2.19. The Labute approximate surface area is 333 Å². The Morgan fingerprint density at radius 2 is 1.46 bits per heavy atom. The van der Waals surface area contributed by atoms with Crippen LogP contribution in [0.25, 0.3) is 28.1 Å². The van der Waals surface area contributed by atoms with E-state index in [9.17, 15) is 30.7 Å². The van der Waals surface area contributed by atoms with Crippen molar-refractivity contribution >= 4 is 71.4 Å². The van der Waals surface area contributed by atoms with Crippen molar-refractivity contribution in [3.8, 4) is 5.69 Å². The van der Waals surface area contributed by atoms with Crippen molar-refractivity contribution in [2.24, 2.45) is 0 Å². The van der Waals surface area contributed by atoms with Gasteiger partial charge in [-0.05, 0) is 68.7 Å². The van der Waals surface area contributed by atoms with E-state index in [0.717, 1.165) is 36.5 Å². The van der Waals surface area contributed by atoms with Gasteiger partial charge in [-0.25, -0.2) is 16.8 Å². The first-order valence-corrected chi connectivity index (χ1v) is 21.4. The molecule has 0 atom stereocenters. The van der Waals surface area contributed by atoms with Gasteiger partial charge in [-0.2, -0.15) is 4.57 Å². The summed E-state index contributed by atoms with van der Waals surface area (Å²) in [6.45, 7) is 3.33. The molecule has 0 fully saturated rings. The summed E-state index contributed by atoms with van der Waals surface area (Å²) in [6.07, 6.45) is 7.21. The van der Waals surface area contributed by atoms with Crippen molar-refractivity contribution in [1.82, 2.24) is 9.13 Å². The fourth-order valence-corrected chi connectivity index (χ4v) is 9.51. The Morgan fingerprint density at radius 3 is 2.17 bits per heavy atom. The Bertz CT molecular complexity index is 2490. The van der Waals surface area contributed by atoms with Gasteiger partial charge >= 0.3 is 29.6 Å². The number of thioether (sulfide) groups is 1. The first kappa shape index (κ1) is 40.2. The number of fused-ring (bicyclic) bond motifs is 2. The van der Waals surface area contributed by atoms with E-state index in [-0.39, 0.29) is 48.0 Å². The summed E-state index contributed by atoms with van der Waals surface area (Å²) in [7, 11) is -8.60. The van der Waals surface area contributed by atoms with E-state index < -0.39 is 31.7 Å². The van der Waals surface area contributed by atoms with Gasteiger partial charge in [0.25, 0.3) is 10.6 Å². The zero-order chi connectivity index (χ0) is 36.2. The number of allylic oxidation sites excluding steroid dienone is 1. The quantitative estimate of drug-likeness (QED) is 0.0693. The van der Waals surface area contributed by atoms with E-state index in [1.165, 1.54) is 0 Å². The number of para-hydroxylation sites is 3. The van der Waals surface area contributed by atoms with Crippen LogP contribution in [0.15, 0.2) is 99.7 Å². The first-order valence-electron chi connectivity index (χ1n) is 16.6. The molecule has 16 heteroatoms. The third kappa shape index (κ3) is 9.56. The normalized spacial score (nSPS) is 14.8. The smallest absolute Gasteiger partial charge is 0.748 e.